The standard InChI is InChI=1S/C18H23N5O2/c1-4-23-16(24)9-14(17(23)13-6-5-7-19-10-13)11-20-18-21-12(2)8-15(22-18)25-3/h5-8,10,14,17H,4,9,11H2,1-3H3,(H,20,21,22)/t14-,17-/m0/s1. The van der Waals surface area contributed by atoms with Crippen molar-refractivity contribution in [1.82, 2.24) is 19.9 Å². The molecule has 0 spiro atoms. The molecular weight excluding hydrogens is 318 g/mol. The minimum absolute atomic E-state index is 0.0189. The number of ether oxygens (including phenoxy) is 1. The molecule has 0 radical (unpaired) electrons. The molecule has 1 saturated heterocycles. The maximum absolute atomic E-state index is 12.4. The van der Waals surface area contributed by atoms with Gasteiger partial charge in [0.25, 0.3) is 0 Å². The Morgan fingerprint density at radius 2 is 2.24 bits per heavy atom. The summed E-state index contributed by atoms with van der Waals surface area (Å²) in [6, 6.07) is 5.73. The van der Waals surface area contributed by atoms with Crippen molar-refractivity contribution in [2.24, 2.45) is 5.92 Å². The maximum atomic E-state index is 12.4. The van der Waals surface area contributed by atoms with Gasteiger partial charge in [0.05, 0.1) is 13.2 Å². The number of rotatable bonds is 6. The highest BCUT2D eigenvalue weighted by atomic mass is 16.5. The van der Waals surface area contributed by atoms with E-state index in [1.54, 1.807) is 19.4 Å². The minimum Gasteiger partial charge on any atom is -0.481 e. The second-order valence-electron chi connectivity index (χ2n) is 6.13. The number of hydrogen-bond acceptors (Lipinski definition) is 6. The van der Waals surface area contributed by atoms with Crippen LogP contribution in [0.1, 0.15) is 30.6 Å². The molecule has 1 amide bonds. The molecule has 1 aliphatic rings. The van der Waals surface area contributed by atoms with Gasteiger partial charge in [-0.3, -0.25) is 9.78 Å². The van der Waals surface area contributed by atoms with Gasteiger partial charge < -0.3 is 15.0 Å². The summed E-state index contributed by atoms with van der Waals surface area (Å²) in [6.07, 6.45) is 4.09. The molecule has 2 atom stereocenters. The molecule has 2 aromatic rings. The van der Waals surface area contributed by atoms with E-state index in [9.17, 15) is 4.79 Å². The van der Waals surface area contributed by atoms with E-state index >= 15 is 0 Å². The molecule has 0 unspecified atom stereocenters. The zero-order chi connectivity index (χ0) is 17.8. The number of carbonyl (C=O) groups is 1. The highest BCUT2D eigenvalue weighted by molar-refractivity contribution is 5.79. The highest BCUT2D eigenvalue weighted by Crippen LogP contribution is 2.37. The number of pyridine rings is 1. The number of hydrogen-bond donors (Lipinski definition) is 1. The van der Waals surface area contributed by atoms with Crippen LogP contribution in [0.25, 0.3) is 0 Å². The lowest BCUT2D eigenvalue weighted by Gasteiger charge is -2.27. The number of methoxy groups -OCH3 is 1. The van der Waals surface area contributed by atoms with Crippen molar-refractivity contribution in [2.75, 3.05) is 25.5 Å². The second-order valence-corrected chi connectivity index (χ2v) is 6.13. The fraction of sp³-hybridized carbons (Fsp3) is 0.444. The van der Waals surface area contributed by atoms with Crippen molar-refractivity contribution in [3.8, 4) is 5.88 Å². The Hall–Kier alpha value is -2.70. The first kappa shape index (κ1) is 17.1. The molecule has 1 aliphatic heterocycles. The van der Waals surface area contributed by atoms with Crippen LogP contribution >= 0.6 is 0 Å². The van der Waals surface area contributed by atoms with Gasteiger partial charge in [0.2, 0.25) is 17.7 Å². The number of carbonyl (C=O) groups excluding carboxylic acids is 1. The molecule has 0 aliphatic carbocycles. The zero-order valence-electron chi connectivity index (χ0n) is 14.8. The van der Waals surface area contributed by atoms with Crippen molar-refractivity contribution in [2.45, 2.75) is 26.3 Å². The number of likely N-dealkylation sites (tertiary alicyclic amines) is 1. The molecule has 132 valence electrons. The number of aryl methyl sites for hydroxylation is 1. The summed E-state index contributed by atoms with van der Waals surface area (Å²) in [5.74, 6) is 1.35. The Labute approximate surface area is 147 Å². The van der Waals surface area contributed by atoms with Crippen LogP contribution in [-0.4, -0.2) is 46.0 Å². The molecule has 3 heterocycles. The molecule has 25 heavy (non-hydrogen) atoms. The monoisotopic (exact) mass is 341 g/mol. The Balaban J connectivity index is 1.78. The summed E-state index contributed by atoms with van der Waals surface area (Å²) in [5, 5.41) is 3.27. The maximum Gasteiger partial charge on any atom is 0.226 e. The van der Waals surface area contributed by atoms with Crippen LogP contribution in [0.4, 0.5) is 5.95 Å². The fourth-order valence-corrected chi connectivity index (χ4v) is 3.37. The number of anilines is 1. The Kier molecular flexibility index (Phi) is 5.11. The van der Waals surface area contributed by atoms with Gasteiger partial charge in [0, 0.05) is 49.6 Å². The van der Waals surface area contributed by atoms with Gasteiger partial charge in [-0.1, -0.05) is 6.07 Å². The summed E-state index contributed by atoms with van der Waals surface area (Å²) in [7, 11) is 1.58. The molecule has 2 aromatic heterocycles. The molecule has 0 saturated carbocycles. The largest absolute Gasteiger partial charge is 0.481 e. The zero-order valence-corrected chi connectivity index (χ0v) is 14.8. The quantitative estimate of drug-likeness (QED) is 0.868. The van der Waals surface area contributed by atoms with Crippen molar-refractivity contribution in [1.29, 1.82) is 0 Å². The van der Waals surface area contributed by atoms with E-state index in [0.29, 0.717) is 31.3 Å². The van der Waals surface area contributed by atoms with Gasteiger partial charge >= 0.3 is 0 Å². The number of aromatic nitrogens is 3. The van der Waals surface area contributed by atoms with Crippen LogP contribution in [-0.2, 0) is 4.79 Å². The van der Waals surface area contributed by atoms with E-state index in [2.05, 4.69) is 20.3 Å². The lowest BCUT2D eigenvalue weighted by Crippen LogP contribution is -2.30. The van der Waals surface area contributed by atoms with E-state index in [1.165, 1.54) is 0 Å². The van der Waals surface area contributed by atoms with Gasteiger partial charge in [0.1, 0.15) is 0 Å². The lowest BCUT2D eigenvalue weighted by molar-refractivity contribution is -0.128. The van der Waals surface area contributed by atoms with E-state index in [4.69, 9.17) is 4.74 Å². The third-order valence-electron chi connectivity index (χ3n) is 4.47. The molecule has 1 fully saturated rings. The van der Waals surface area contributed by atoms with Crippen LogP contribution in [0, 0.1) is 12.8 Å². The Morgan fingerprint density at radius 1 is 1.40 bits per heavy atom. The van der Waals surface area contributed by atoms with Gasteiger partial charge in [-0.25, -0.2) is 4.98 Å². The highest BCUT2D eigenvalue weighted by Gasteiger charge is 2.39. The third-order valence-corrected chi connectivity index (χ3v) is 4.47. The normalized spacial score (nSPS) is 20.0. The van der Waals surface area contributed by atoms with Gasteiger partial charge in [-0.15, -0.1) is 0 Å². The number of amides is 1. The van der Waals surface area contributed by atoms with E-state index < -0.39 is 0 Å². The van der Waals surface area contributed by atoms with Crippen LogP contribution in [0.2, 0.25) is 0 Å². The van der Waals surface area contributed by atoms with Crippen LogP contribution < -0.4 is 10.1 Å². The molecule has 1 N–H and O–H groups in total. The first-order chi connectivity index (χ1) is 12.1. The first-order valence-electron chi connectivity index (χ1n) is 8.45. The van der Waals surface area contributed by atoms with Gasteiger partial charge in [-0.05, 0) is 25.5 Å². The predicted octanol–water partition coefficient (Wildman–Crippen LogP) is 2.21. The summed E-state index contributed by atoms with van der Waals surface area (Å²) in [5.41, 5.74) is 1.89. The second kappa shape index (κ2) is 7.46. The molecule has 0 bridgehead atoms. The summed E-state index contributed by atoms with van der Waals surface area (Å²) < 4.78 is 5.19. The summed E-state index contributed by atoms with van der Waals surface area (Å²) in [4.78, 5) is 27.2. The van der Waals surface area contributed by atoms with Gasteiger partial charge in [0.15, 0.2) is 0 Å². The smallest absolute Gasteiger partial charge is 0.226 e. The molecular formula is C18H23N5O2. The topological polar surface area (TPSA) is 80.2 Å². The minimum atomic E-state index is 0.0189. The first-order valence-corrected chi connectivity index (χ1v) is 8.45. The van der Waals surface area contributed by atoms with Crippen molar-refractivity contribution < 1.29 is 9.53 Å². The number of nitrogens with zero attached hydrogens (tertiary/aromatic N) is 4. The third kappa shape index (κ3) is 3.70. The average Bonchev–Trinajstić information content (AvgIpc) is 2.95. The lowest BCUT2D eigenvalue weighted by atomic mass is 9.94. The van der Waals surface area contributed by atoms with E-state index in [1.807, 2.05) is 37.1 Å². The van der Waals surface area contributed by atoms with Crippen molar-refractivity contribution >= 4 is 11.9 Å². The number of nitrogens with one attached hydrogen (secondary N) is 1. The fourth-order valence-electron chi connectivity index (χ4n) is 3.37. The molecule has 7 nitrogen and oxygen atoms in total. The summed E-state index contributed by atoms with van der Waals surface area (Å²) in [6.45, 7) is 5.19. The Morgan fingerprint density at radius 3 is 2.92 bits per heavy atom. The SMILES string of the molecule is CCN1C(=O)C[C@@H](CNc2nc(C)cc(OC)n2)[C@@H]1c1cccnc1. The van der Waals surface area contributed by atoms with E-state index in [0.717, 1.165) is 11.3 Å². The van der Waals surface area contributed by atoms with Crippen molar-refractivity contribution in [3.63, 3.8) is 0 Å². The molecule has 7 heteroatoms. The van der Waals surface area contributed by atoms with Crippen molar-refractivity contribution in [3.05, 3.63) is 41.9 Å². The predicted molar refractivity (Wildman–Crippen MR) is 94.3 cm³/mol. The van der Waals surface area contributed by atoms with Crippen LogP contribution in [0.15, 0.2) is 30.6 Å². The summed E-state index contributed by atoms with van der Waals surface area (Å²) >= 11 is 0. The van der Waals surface area contributed by atoms with Gasteiger partial charge in [-0.2, -0.15) is 4.98 Å². The van der Waals surface area contributed by atoms with E-state index in [-0.39, 0.29) is 17.9 Å². The average molecular weight is 341 g/mol. The van der Waals surface area contributed by atoms with Crippen LogP contribution in [0.5, 0.6) is 5.88 Å². The molecule has 0 aromatic carbocycles. The molecule has 3 rings (SSSR count). The van der Waals surface area contributed by atoms with Crippen LogP contribution in [0.3, 0.4) is 0 Å². The Bertz CT molecular complexity index is 738.